The summed E-state index contributed by atoms with van der Waals surface area (Å²) in [6, 6.07) is 4.24. The van der Waals surface area contributed by atoms with Gasteiger partial charge in [-0.05, 0) is 25.1 Å². The molecule has 1 amide bonds. The molecule has 0 aliphatic heterocycles. The van der Waals surface area contributed by atoms with Gasteiger partial charge in [-0.15, -0.1) is 10.2 Å². The summed E-state index contributed by atoms with van der Waals surface area (Å²) < 4.78 is 44.2. The van der Waals surface area contributed by atoms with Crippen LogP contribution in [0.5, 0.6) is 0 Å². The van der Waals surface area contributed by atoms with Crippen molar-refractivity contribution in [2.75, 3.05) is 23.4 Å². The maximum Gasteiger partial charge on any atom is 0.416 e. The Bertz CT molecular complexity index is 825. The van der Waals surface area contributed by atoms with Crippen LogP contribution in [0.25, 0.3) is 0 Å². The standard InChI is InChI=1S/C15H16F3N5O3S/c1-2-26-12(25)8-27-14-22-21-13(19)23(14)7-11(24)20-10-5-3-4-9(6-10)15(16,17)18/h3-6H,2,7-8H2,1H3,(H2,19,21)(H,20,24). The molecule has 1 heterocycles. The average Bonchev–Trinajstić information content (AvgIpc) is 2.93. The van der Waals surface area contributed by atoms with Gasteiger partial charge in [0.25, 0.3) is 0 Å². The van der Waals surface area contributed by atoms with Crippen molar-refractivity contribution in [3.63, 3.8) is 0 Å². The number of nitrogens with one attached hydrogen (secondary N) is 1. The second kappa shape index (κ2) is 8.75. The Kier molecular flexibility index (Phi) is 6.66. The molecule has 12 heteroatoms. The monoisotopic (exact) mass is 403 g/mol. The summed E-state index contributed by atoms with van der Waals surface area (Å²) in [6.45, 7) is 1.56. The number of nitrogens with zero attached hydrogens (tertiary/aromatic N) is 3. The zero-order chi connectivity index (χ0) is 20.0. The van der Waals surface area contributed by atoms with Crippen LogP contribution in [0.3, 0.4) is 0 Å². The van der Waals surface area contributed by atoms with Gasteiger partial charge in [-0.2, -0.15) is 13.2 Å². The predicted molar refractivity (Wildman–Crippen MR) is 91.9 cm³/mol. The smallest absolute Gasteiger partial charge is 0.416 e. The molecule has 1 aromatic carbocycles. The Morgan fingerprint density at radius 3 is 2.74 bits per heavy atom. The molecular formula is C15H16F3N5O3S. The molecule has 0 aliphatic carbocycles. The summed E-state index contributed by atoms with van der Waals surface area (Å²) in [5.41, 5.74) is 4.77. The lowest BCUT2D eigenvalue weighted by molar-refractivity contribution is -0.140. The first kappa shape index (κ1) is 20.6. The van der Waals surface area contributed by atoms with Gasteiger partial charge in [0.05, 0.1) is 17.9 Å². The first-order valence-electron chi connectivity index (χ1n) is 7.65. The SMILES string of the molecule is CCOC(=O)CSc1nnc(N)n1CC(=O)Nc1cccc(C(F)(F)F)c1. The van der Waals surface area contributed by atoms with E-state index in [0.29, 0.717) is 0 Å². The molecule has 2 aromatic rings. The number of amides is 1. The quantitative estimate of drug-likeness (QED) is 0.538. The number of hydrogen-bond donors (Lipinski definition) is 2. The number of anilines is 2. The molecule has 0 fully saturated rings. The maximum absolute atomic E-state index is 12.7. The van der Waals surface area contributed by atoms with Gasteiger partial charge in [-0.25, -0.2) is 0 Å². The lowest BCUT2D eigenvalue weighted by Crippen LogP contribution is -2.21. The van der Waals surface area contributed by atoms with Crippen molar-refractivity contribution in [1.29, 1.82) is 0 Å². The zero-order valence-corrected chi connectivity index (χ0v) is 14.9. The van der Waals surface area contributed by atoms with E-state index in [1.54, 1.807) is 6.92 Å². The van der Waals surface area contributed by atoms with Crippen molar-refractivity contribution in [2.45, 2.75) is 24.8 Å². The molecule has 0 aliphatic rings. The Morgan fingerprint density at radius 1 is 1.33 bits per heavy atom. The van der Waals surface area contributed by atoms with Crippen molar-refractivity contribution >= 4 is 35.3 Å². The Labute approximate surface area is 156 Å². The summed E-state index contributed by atoms with van der Waals surface area (Å²) in [4.78, 5) is 23.6. The van der Waals surface area contributed by atoms with E-state index in [9.17, 15) is 22.8 Å². The van der Waals surface area contributed by atoms with Crippen molar-refractivity contribution in [3.8, 4) is 0 Å². The average molecular weight is 403 g/mol. The number of nitrogens with two attached hydrogens (primary N) is 1. The van der Waals surface area contributed by atoms with E-state index in [-0.39, 0.29) is 35.7 Å². The molecule has 0 atom stereocenters. The number of esters is 1. The minimum absolute atomic E-state index is 0.0119. The Hall–Kier alpha value is -2.76. The van der Waals surface area contributed by atoms with Crippen molar-refractivity contribution in [2.24, 2.45) is 0 Å². The highest BCUT2D eigenvalue weighted by Crippen LogP contribution is 2.30. The van der Waals surface area contributed by atoms with Gasteiger partial charge in [0.15, 0.2) is 5.16 Å². The molecule has 0 bridgehead atoms. The molecule has 0 unspecified atom stereocenters. The summed E-state index contributed by atoms with van der Waals surface area (Å²) in [5, 5.41) is 9.97. The highest BCUT2D eigenvalue weighted by atomic mass is 32.2. The summed E-state index contributed by atoms with van der Waals surface area (Å²) in [6.07, 6.45) is -4.52. The second-order valence-electron chi connectivity index (χ2n) is 5.15. The number of alkyl halides is 3. The molecule has 0 saturated carbocycles. The summed E-state index contributed by atoms with van der Waals surface area (Å²) >= 11 is 0.976. The number of hydrogen-bond acceptors (Lipinski definition) is 7. The Morgan fingerprint density at radius 2 is 2.07 bits per heavy atom. The zero-order valence-electron chi connectivity index (χ0n) is 14.1. The highest BCUT2D eigenvalue weighted by Gasteiger charge is 2.30. The molecular weight excluding hydrogens is 387 g/mol. The third-order valence-corrected chi connectivity index (χ3v) is 4.09. The summed E-state index contributed by atoms with van der Waals surface area (Å²) in [5.74, 6) is -1.22. The molecule has 3 N–H and O–H groups in total. The van der Waals surface area contributed by atoms with Crippen LogP contribution in [0.4, 0.5) is 24.8 Å². The number of aromatic nitrogens is 3. The van der Waals surface area contributed by atoms with E-state index in [4.69, 9.17) is 10.5 Å². The number of thioether (sulfide) groups is 1. The van der Waals surface area contributed by atoms with Crippen molar-refractivity contribution in [3.05, 3.63) is 29.8 Å². The fourth-order valence-corrected chi connectivity index (χ4v) is 2.74. The third kappa shape index (κ3) is 5.88. The van der Waals surface area contributed by atoms with E-state index >= 15 is 0 Å². The van der Waals surface area contributed by atoms with Gasteiger partial charge < -0.3 is 15.8 Å². The first-order valence-corrected chi connectivity index (χ1v) is 8.63. The number of carbonyl (C=O) groups is 2. The molecule has 2 rings (SSSR count). The van der Waals surface area contributed by atoms with Gasteiger partial charge >= 0.3 is 12.1 Å². The third-order valence-electron chi connectivity index (χ3n) is 3.15. The van der Waals surface area contributed by atoms with Gasteiger partial charge in [0.2, 0.25) is 11.9 Å². The first-order chi connectivity index (χ1) is 12.7. The molecule has 0 saturated heterocycles. The minimum Gasteiger partial charge on any atom is -0.465 e. The lowest BCUT2D eigenvalue weighted by Gasteiger charge is -2.11. The normalized spacial score (nSPS) is 11.3. The topological polar surface area (TPSA) is 112 Å². The van der Waals surface area contributed by atoms with Gasteiger partial charge in [-0.1, -0.05) is 17.8 Å². The number of nitrogen functional groups attached to an aromatic ring is 1. The van der Waals surface area contributed by atoms with Gasteiger partial charge in [0, 0.05) is 5.69 Å². The summed E-state index contributed by atoms with van der Waals surface area (Å²) in [7, 11) is 0. The molecule has 8 nitrogen and oxygen atoms in total. The number of benzene rings is 1. The van der Waals surface area contributed by atoms with Gasteiger partial charge in [0.1, 0.15) is 6.54 Å². The minimum atomic E-state index is -4.52. The Balaban J connectivity index is 2.04. The maximum atomic E-state index is 12.7. The second-order valence-corrected chi connectivity index (χ2v) is 6.09. The van der Waals surface area contributed by atoms with Crippen LogP contribution in [0, 0.1) is 0 Å². The molecule has 146 valence electrons. The van der Waals surface area contributed by atoms with E-state index < -0.39 is 23.6 Å². The molecule has 27 heavy (non-hydrogen) atoms. The van der Waals surface area contributed by atoms with Crippen LogP contribution in [-0.2, 0) is 27.0 Å². The number of ether oxygens (including phenoxy) is 1. The van der Waals surface area contributed by atoms with Crippen molar-refractivity contribution in [1.82, 2.24) is 14.8 Å². The van der Waals surface area contributed by atoms with Crippen LogP contribution in [0.2, 0.25) is 0 Å². The van der Waals surface area contributed by atoms with Crippen molar-refractivity contribution < 1.29 is 27.5 Å². The van der Waals surface area contributed by atoms with Crippen LogP contribution in [0.15, 0.2) is 29.4 Å². The van der Waals surface area contributed by atoms with E-state index in [1.807, 2.05) is 0 Å². The molecule has 0 spiro atoms. The van der Waals surface area contributed by atoms with E-state index in [1.165, 1.54) is 16.7 Å². The fraction of sp³-hybridized carbons (Fsp3) is 0.333. The van der Waals surface area contributed by atoms with Crippen LogP contribution < -0.4 is 11.1 Å². The van der Waals surface area contributed by atoms with Crippen LogP contribution in [0.1, 0.15) is 12.5 Å². The molecule has 0 radical (unpaired) electrons. The fourth-order valence-electron chi connectivity index (χ4n) is 2.00. The van der Waals surface area contributed by atoms with Gasteiger partial charge in [-0.3, -0.25) is 14.2 Å². The highest BCUT2D eigenvalue weighted by molar-refractivity contribution is 7.99. The van der Waals surface area contributed by atoms with Crippen LogP contribution >= 0.6 is 11.8 Å². The number of halogens is 3. The predicted octanol–water partition coefficient (Wildman–Crippen LogP) is 2.17. The lowest BCUT2D eigenvalue weighted by atomic mass is 10.2. The van der Waals surface area contributed by atoms with E-state index in [2.05, 4.69) is 15.5 Å². The number of carbonyl (C=O) groups excluding carboxylic acids is 2. The number of rotatable bonds is 7. The molecule has 1 aromatic heterocycles. The largest absolute Gasteiger partial charge is 0.465 e. The van der Waals surface area contributed by atoms with Crippen LogP contribution in [-0.4, -0.2) is 39.0 Å². The van der Waals surface area contributed by atoms with E-state index in [0.717, 1.165) is 23.9 Å².